The SMILES string of the molecule is Cc1ccc(C(C)NC(=O)[C@H](C)N)cc1.Cl. The molecule has 0 radical (unpaired) electrons. The van der Waals surface area contributed by atoms with Gasteiger partial charge in [0.1, 0.15) is 0 Å². The summed E-state index contributed by atoms with van der Waals surface area (Å²) in [7, 11) is 0. The number of hydrogen-bond acceptors (Lipinski definition) is 2. The number of benzene rings is 1. The molecule has 3 nitrogen and oxygen atoms in total. The molecule has 0 heterocycles. The van der Waals surface area contributed by atoms with Crippen molar-refractivity contribution >= 4 is 18.3 Å². The average molecular weight is 243 g/mol. The van der Waals surface area contributed by atoms with Crippen molar-refractivity contribution in [3.05, 3.63) is 35.4 Å². The predicted octanol–water partition coefficient (Wildman–Crippen LogP) is 1.94. The van der Waals surface area contributed by atoms with Crippen LogP contribution in [0.1, 0.15) is 31.0 Å². The number of amides is 1. The van der Waals surface area contributed by atoms with E-state index in [1.807, 2.05) is 38.1 Å². The molecule has 0 aliphatic carbocycles. The van der Waals surface area contributed by atoms with Crippen LogP contribution in [0.15, 0.2) is 24.3 Å². The minimum atomic E-state index is -0.460. The number of halogens is 1. The molecule has 0 fully saturated rings. The molecule has 1 rings (SSSR count). The fourth-order valence-electron chi connectivity index (χ4n) is 1.28. The first-order valence-corrected chi connectivity index (χ1v) is 5.13. The molecule has 0 saturated heterocycles. The van der Waals surface area contributed by atoms with Crippen LogP contribution in [0.25, 0.3) is 0 Å². The zero-order valence-corrected chi connectivity index (χ0v) is 10.7. The van der Waals surface area contributed by atoms with Crippen molar-refractivity contribution in [1.29, 1.82) is 0 Å². The number of carbonyl (C=O) groups excluding carboxylic acids is 1. The standard InChI is InChI=1S/C12H18N2O.ClH/c1-8-4-6-11(7-5-8)10(3)14-12(15)9(2)13;/h4-7,9-10H,13H2,1-3H3,(H,14,15);1H/t9-,10?;/m0./s1. The van der Waals surface area contributed by atoms with Crippen LogP contribution in [-0.2, 0) is 4.79 Å². The van der Waals surface area contributed by atoms with Gasteiger partial charge in [0, 0.05) is 0 Å². The number of rotatable bonds is 3. The molecule has 0 bridgehead atoms. The second-order valence-corrected chi connectivity index (χ2v) is 3.93. The minimum absolute atomic E-state index is 0. The Morgan fingerprint density at radius 3 is 2.19 bits per heavy atom. The molecule has 90 valence electrons. The molecule has 0 saturated carbocycles. The maximum Gasteiger partial charge on any atom is 0.237 e. The Balaban J connectivity index is 0.00000225. The fourth-order valence-corrected chi connectivity index (χ4v) is 1.28. The third kappa shape index (κ3) is 4.21. The highest BCUT2D eigenvalue weighted by Gasteiger charge is 2.11. The Morgan fingerprint density at radius 1 is 1.25 bits per heavy atom. The molecule has 0 spiro atoms. The zero-order chi connectivity index (χ0) is 11.4. The Bertz CT molecular complexity index is 335. The van der Waals surface area contributed by atoms with Gasteiger partial charge in [0.2, 0.25) is 5.91 Å². The molecular formula is C12H19ClN2O. The molecule has 0 aliphatic rings. The lowest BCUT2D eigenvalue weighted by molar-refractivity contribution is -0.122. The van der Waals surface area contributed by atoms with E-state index in [-0.39, 0.29) is 24.4 Å². The molecular weight excluding hydrogens is 224 g/mol. The van der Waals surface area contributed by atoms with Gasteiger partial charge in [-0.25, -0.2) is 0 Å². The molecule has 1 aromatic rings. The fraction of sp³-hybridized carbons (Fsp3) is 0.417. The summed E-state index contributed by atoms with van der Waals surface area (Å²) in [5.74, 6) is -0.122. The first kappa shape index (κ1) is 14.9. The predicted molar refractivity (Wildman–Crippen MR) is 68.6 cm³/mol. The summed E-state index contributed by atoms with van der Waals surface area (Å²) in [4.78, 5) is 11.4. The largest absolute Gasteiger partial charge is 0.348 e. The number of hydrogen-bond donors (Lipinski definition) is 2. The molecule has 2 atom stereocenters. The maximum absolute atomic E-state index is 11.4. The van der Waals surface area contributed by atoms with Crippen molar-refractivity contribution < 1.29 is 4.79 Å². The number of nitrogens with two attached hydrogens (primary N) is 1. The van der Waals surface area contributed by atoms with Gasteiger partial charge in [-0.3, -0.25) is 4.79 Å². The van der Waals surface area contributed by atoms with Gasteiger partial charge in [-0.15, -0.1) is 12.4 Å². The van der Waals surface area contributed by atoms with Crippen molar-refractivity contribution in [1.82, 2.24) is 5.32 Å². The Labute approximate surface area is 103 Å². The Morgan fingerprint density at radius 2 is 1.75 bits per heavy atom. The summed E-state index contributed by atoms with van der Waals surface area (Å²) >= 11 is 0. The van der Waals surface area contributed by atoms with E-state index in [1.54, 1.807) is 6.92 Å². The summed E-state index contributed by atoms with van der Waals surface area (Å²) in [6, 6.07) is 7.64. The molecule has 16 heavy (non-hydrogen) atoms. The highest BCUT2D eigenvalue weighted by Crippen LogP contribution is 2.12. The van der Waals surface area contributed by atoms with E-state index < -0.39 is 6.04 Å². The zero-order valence-electron chi connectivity index (χ0n) is 9.86. The average Bonchev–Trinajstić information content (AvgIpc) is 2.18. The van der Waals surface area contributed by atoms with Crippen LogP contribution in [0.5, 0.6) is 0 Å². The van der Waals surface area contributed by atoms with E-state index in [9.17, 15) is 4.79 Å². The summed E-state index contributed by atoms with van der Waals surface area (Å²) in [5, 5.41) is 2.85. The quantitative estimate of drug-likeness (QED) is 0.851. The molecule has 0 aromatic heterocycles. The molecule has 1 aromatic carbocycles. The lowest BCUT2D eigenvalue weighted by Crippen LogP contribution is -2.39. The smallest absolute Gasteiger partial charge is 0.237 e. The van der Waals surface area contributed by atoms with Crippen molar-refractivity contribution in [2.75, 3.05) is 0 Å². The van der Waals surface area contributed by atoms with Gasteiger partial charge in [-0.05, 0) is 26.3 Å². The number of carbonyl (C=O) groups is 1. The normalized spacial score (nSPS) is 13.5. The molecule has 3 N–H and O–H groups in total. The van der Waals surface area contributed by atoms with E-state index in [0.717, 1.165) is 5.56 Å². The first-order chi connectivity index (χ1) is 7.00. The van der Waals surface area contributed by atoms with Crippen molar-refractivity contribution in [2.45, 2.75) is 32.9 Å². The van der Waals surface area contributed by atoms with Crippen molar-refractivity contribution in [3.63, 3.8) is 0 Å². The van der Waals surface area contributed by atoms with Crippen LogP contribution in [0.2, 0.25) is 0 Å². The van der Waals surface area contributed by atoms with Gasteiger partial charge < -0.3 is 11.1 Å². The number of nitrogens with one attached hydrogen (secondary N) is 1. The molecule has 1 amide bonds. The highest BCUT2D eigenvalue weighted by atomic mass is 35.5. The topological polar surface area (TPSA) is 55.1 Å². The van der Waals surface area contributed by atoms with Crippen LogP contribution in [0, 0.1) is 6.92 Å². The summed E-state index contributed by atoms with van der Waals surface area (Å²) in [5.41, 5.74) is 7.78. The van der Waals surface area contributed by atoms with Gasteiger partial charge in [-0.2, -0.15) is 0 Å². The summed E-state index contributed by atoms with van der Waals surface area (Å²) in [6.45, 7) is 5.66. The van der Waals surface area contributed by atoms with Crippen LogP contribution in [0.4, 0.5) is 0 Å². The summed E-state index contributed by atoms with van der Waals surface area (Å²) < 4.78 is 0. The van der Waals surface area contributed by atoms with E-state index in [0.29, 0.717) is 0 Å². The lowest BCUT2D eigenvalue weighted by Gasteiger charge is -2.16. The first-order valence-electron chi connectivity index (χ1n) is 5.13. The van der Waals surface area contributed by atoms with Gasteiger partial charge in [0.25, 0.3) is 0 Å². The van der Waals surface area contributed by atoms with Crippen molar-refractivity contribution in [3.8, 4) is 0 Å². The van der Waals surface area contributed by atoms with E-state index in [2.05, 4.69) is 5.32 Å². The molecule has 4 heteroatoms. The Kier molecular flexibility index (Phi) is 6.08. The highest BCUT2D eigenvalue weighted by molar-refractivity contribution is 5.85. The third-order valence-electron chi connectivity index (χ3n) is 2.35. The van der Waals surface area contributed by atoms with Crippen LogP contribution < -0.4 is 11.1 Å². The maximum atomic E-state index is 11.4. The number of aryl methyl sites for hydroxylation is 1. The van der Waals surface area contributed by atoms with Crippen LogP contribution in [0.3, 0.4) is 0 Å². The minimum Gasteiger partial charge on any atom is -0.348 e. The molecule has 1 unspecified atom stereocenters. The van der Waals surface area contributed by atoms with Gasteiger partial charge >= 0.3 is 0 Å². The summed E-state index contributed by atoms with van der Waals surface area (Å²) in [6.07, 6.45) is 0. The van der Waals surface area contributed by atoms with Gasteiger partial charge in [0.05, 0.1) is 12.1 Å². The van der Waals surface area contributed by atoms with Crippen molar-refractivity contribution in [2.24, 2.45) is 5.73 Å². The van der Waals surface area contributed by atoms with E-state index >= 15 is 0 Å². The van der Waals surface area contributed by atoms with E-state index in [1.165, 1.54) is 5.56 Å². The second kappa shape index (κ2) is 6.51. The van der Waals surface area contributed by atoms with E-state index in [4.69, 9.17) is 5.73 Å². The van der Waals surface area contributed by atoms with Crippen LogP contribution in [-0.4, -0.2) is 11.9 Å². The Hall–Kier alpha value is -1.06. The van der Waals surface area contributed by atoms with Crippen LogP contribution >= 0.6 is 12.4 Å². The lowest BCUT2D eigenvalue weighted by atomic mass is 10.1. The van der Waals surface area contributed by atoms with Gasteiger partial charge in [0.15, 0.2) is 0 Å². The second-order valence-electron chi connectivity index (χ2n) is 3.93. The van der Waals surface area contributed by atoms with Gasteiger partial charge in [-0.1, -0.05) is 29.8 Å². The third-order valence-corrected chi connectivity index (χ3v) is 2.35. The monoisotopic (exact) mass is 242 g/mol. The molecule has 0 aliphatic heterocycles.